The van der Waals surface area contributed by atoms with Crippen molar-refractivity contribution in [3.8, 4) is 0 Å². The van der Waals surface area contributed by atoms with E-state index in [2.05, 4.69) is 5.32 Å². The number of likely N-dealkylation sites (tertiary alicyclic amines) is 1. The van der Waals surface area contributed by atoms with Gasteiger partial charge in [-0.3, -0.25) is 4.90 Å². The van der Waals surface area contributed by atoms with Gasteiger partial charge < -0.3 is 5.32 Å². The van der Waals surface area contributed by atoms with Crippen molar-refractivity contribution in [2.75, 3.05) is 19.6 Å². The number of alkyl halides is 2. The van der Waals surface area contributed by atoms with E-state index in [1.165, 1.54) is 0 Å². The molecule has 2 heterocycles. The second-order valence-corrected chi connectivity index (χ2v) is 4.98. The Balaban J connectivity index is 1.77. The van der Waals surface area contributed by atoms with Crippen LogP contribution in [0.5, 0.6) is 0 Å². The van der Waals surface area contributed by atoms with Crippen molar-refractivity contribution in [3.05, 3.63) is 35.9 Å². The highest BCUT2D eigenvalue weighted by Crippen LogP contribution is 2.40. The summed E-state index contributed by atoms with van der Waals surface area (Å²) in [6.45, 7) is 1.66. The molecule has 2 atom stereocenters. The molecule has 1 aromatic carbocycles. The number of fused-ring (bicyclic) bond motifs is 1. The monoisotopic (exact) mass is 238 g/mol. The fraction of sp³-hybridized carbons (Fsp3) is 0.538. The average molecular weight is 238 g/mol. The summed E-state index contributed by atoms with van der Waals surface area (Å²) in [5, 5.41) is 3.07. The zero-order valence-corrected chi connectivity index (χ0v) is 9.57. The lowest BCUT2D eigenvalue weighted by molar-refractivity contribution is -0.0245. The van der Waals surface area contributed by atoms with Gasteiger partial charge in [0.25, 0.3) is 5.92 Å². The molecule has 0 aliphatic carbocycles. The predicted molar refractivity (Wildman–Crippen MR) is 61.9 cm³/mol. The Kier molecular flexibility index (Phi) is 2.64. The van der Waals surface area contributed by atoms with Crippen LogP contribution in [0.1, 0.15) is 5.56 Å². The quantitative estimate of drug-likeness (QED) is 0.844. The molecule has 0 bridgehead atoms. The standard InChI is InChI=1S/C13H16F2N2/c14-13(15)9-17(12-7-16-6-11(12)13)8-10-4-2-1-3-5-10/h1-5,11-12,16H,6-9H2/t11-,12+/m0/s1. The molecule has 2 fully saturated rings. The first-order valence-corrected chi connectivity index (χ1v) is 6.03. The maximum Gasteiger partial charge on any atom is 0.266 e. The molecule has 0 spiro atoms. The van der Waals surface area contributed by atoms with Crippen molar-refractivity contribution >= 4 is 0 Å². The first-order valence-electron chi connectivity index (χ1n) is 6.03. The highest BCUT2D eigenvalue weighted by atomic mass is 19.3. The van der Waals surface area contributed by atoms with Gasteiger partial charge in [-0.1, -0.05) is 30.3 Å². The van der Waals surface area contributed by atoms with Crippen molar-refractivity contribution in [1.82, 2.24) is 10.2 Å². The fourth-order valence-electron chi connectivity index (χ4n) is 2.98. The molecule has 1 N–H and O–H groups in total. The summed E-state index contributed by atoms with van der Waals surface area (Å²) in [7, 11) is 0. The summed E-state index contributed by atoms with van der Waals surface area (Å²) in [5.41, 5.74) is 1.11. The Morgan fingerprint density at radius 2 is 2.00 bits per heavy atom. The summed E-state index contributed by atoms with van der Waals surface area (Å²) in [5.74, 6) is -3.05. The normalized spacial score (nSPS) is 31.6. The van der Waals surface area contributed by atoms with Gasteiger partial charge in [-0.15, -0.1) is 0 Å². The average Bonchev–Trinajstić information content (AvgIpc) is 2.85. The minimum Gasteiger partial charge on any atom is -0.315 e. The predicted octanol–water partition coefficient (Wildman–Crippen LogP) is 1.73. The van der Waals surface area contributed by atoms with E-state index in [4.69, 9.17) is 0 Å². The Bertz CT molecular complexity index is 394. The molecule has 0 aromatic heterocycles. The van der Waals surface area contributed by atoms with Gasteiger partial charge in [0.05, 0.1) is 12.5 Å². The Labute approximate surface area is 99.6 Å². The number of benzene rings is 1. The Morgan fingerprint density at radius 1 is 1.24 bits per heavy atom. The van der Waals surface area contributed by atoms with Crippen LogP contribution in [-0.2, 0) is 6.54 Å². The van der Waals surface area contributed by atoms with Crippen molar-refractivity contribution in [2.24, 2.45) is 5.92 Å². The van der Waals surface area contributed by atoms with Crippen molar-refractivity contribution in [2.45, 2.75) is 18.5 Å². The summed E-state index contributed by atoms with van der Waals surface area (Å²) >= 11 is 0. The van der Waals surface area contributed by atoms with Crippen LogP contribution in [0.15, 0.2) is 30.3 Å². The van der Waals surface area contributed by atoms with Crippen LogP contribution in [0, 0.1) is 5.92 Å². The zero-order valence-electron chi connectivity index (χ0n) is 9.57. The van der Waals surface area contributed by atoms with Gasteiger partial charge in [0.15, 0.2) is 0 Å². The lowest BCUT2D eigenvalue weighted by atomic mass is 10.0. The van der Waals surface area contributed by atoms with E-state index in [1.807, 2.05) is 35.2 Å². The van der Waals surface area contributed by atoms with Gasteiger partial charge in [-0.05, 0) is 5.56 Å². The second kappa shape index (κ2) is 4.03. The number of hydrogen-bond acceptors (Lipinski definition) is 2. The fourth-order valence-corrected chi connectivity index (χ4v) is 2.98. The van der Waals surface area contributed by atoms with E-state index in [-0.39, 0.29) is 12.6 Å². The number of halogens is 2. The molecule has 2 saturated heterocycles. The molecule has 2 aliphatic rings. The van der Waals surface area contributed by atoms with Gasteiger partial charge in [0.1, 0.15) is 0 Å². The molecule has 17 heavy (non-hydrogen) atoms. The van der Waals surface area contributed by atoms with Crippen LogP contribution in [-0.4, -0.2) is 36.5 Å². The van der Waals surface area contributed by atoms with E-state index in [1.54, 1.807) is 0 Å². The molecule has 2 aliphatic heterocycles. The van der Waals surface area contributed by atoms with E-state index >= 15 is 0 Å². The molecule has 3 rings (SSSR count). The maximum atomic E-state index is 13.8. The summed E-state index contributed by atoms with van der Waals surface area (Å²) in [4.78, 5) is 1.92. The molecule has 0 radical (unpaired) electrons. The molecule has 4 heteroatoms. The minimum atomic E-state index is -2.54. The molecule has 92 valence electrons. The molecule has 2 nitrogen and oxygen atoms in total. The zero-order chi connectivity index (χ0) is 11.9. The topological polar surface area (TPSA) is 15.3 Å². The van der Waals surface area contributed by atoms with Gasteiger partial charge in [-0.25, -0.2) is 8.78 Å². The highest BCUT2D eigenvalue weighted by molar-refractivity contribution is 5.16. The van der Waals surface area contributed by atoms with Crippen LogP contribution in [0.3, 0.4) is 0 Å². The summed E-state index contributed by atoms with van der Waals surface area (Å²) in [6.07, 6.45) is 0. The first-order chi connectivity index (χ1) is 8.17. The molecule has 1 aromatic rings. The maximum absolute atomic E-state index is 13.8. The number of nitrogens with one attached hydrogen (secondary N) is 1. The largest absolute Gasteiger partial charge is 0.315 e. The van der Waals surface area contributed by atoms with Crippen molar-refractivity contribution < 1.29 is 8.78 Å². The van der Waals surface area contributed by atoms with Crippen LogP contribution in [0.2, 0.25) is 0 Å². The van der Waals surface area contributed by atoms with Crippen LogP contribution >= 0.6 is 0 Å². The third-order valence-corrected chi connectivity index (χ3v) is 3.84. The second-order valence-electron chi connectivity index (χ2n) is 4.98. The highest BCUT2D eigenvalue weighted by Gasteiger charge is 2.55. The van der Waals surface area contributed by atoms with E-state index in [0.717, 1.165) is 5.56 Å². The molecular weight excluding hydrogens is 222 g/mol. The number of nitrogens with zero attached hydrogens (tertiary/aromatic N) is 1. The number of rotatable bonds is 2. The smallest absolute Gasteiger partial charge is 0.266 e. The van der Waals surface area contributed by atoms with Crippen LogP contribution in [0.4, 0.5) is 8.78 Å². The van der Waals surface area contributed by atoms with Gasteiger partial charge in [0.2, 0.25) is 0 Å². The third-order valence-electron chi connectivity index (χ3n) is 3.84. The van der Waals surface area contributed by atoms with E-state index in [0.29, 0.717) is 19.6 Å². The van der Waals surface area contributed by atoms with Gasteiger partial charge in [0, 0.05) is 25.7 Å². The minimum absolute atomic E-state index is 0.00907. The first kappa shape index (κ1) is 11.1. The van der Waals surface area contributed by atoms with Crippen molar-refractivity contribution in [1.29, 1.82) is 0 Å². The summed E-state index contributed by atoms with van der Waals surface area (Å²) < 4.78 is 27.5. The molecule has 0 saturated carbocycles. The van der Waals surface area contributed by atoms with Crippen molar-refractivity contribution in [3.63, 3.8) is 0 Å². The SMILES string of the molecule is FC1(F)CN(Cc2ccccc2)[C@@H]2CNC[C@@H]21. The third kappa shape index (κ3) is 1.96. The van der Waals surface area contributed by atoms with Crippen LogP contribution in [0.25, 0.3) is 0 Å². The summed E-state index contributed by atoms with van der Waals surface area (Å²) in [6, 6.07) is 9.83. The number of hydrogen-bond donors (Lipinski definition) is 1. The molecule has 0 unspecified atom stereocenters. The van der Waals surface area contributed by atoms with E-state index < -0.39 is 11.8 Å². The van der Waals surface area contributed by atoms with E-state index in [9.17, 15) is 8.78 Å². The lowest BCUT2D eigenvalue weighted by Crippen LogP contribution is -2.34. The molecule has 0 amide bonds. The van der Waals surface area contributed by atoms with Gasteiger partial charge >= 0.3 is 0 Å². The Hall–Kier alpha value is -1.00. The molecular formula is C13H16F2N2. The Morgan fingerprint density at radius 3 is 2.76 bits per heavy atom. The van der Waals surface area contributed by atoms with Crippen LogP contribution < -0.4 is 5.32 Å². The van der Waals surface area contributed by atoms with Gasteiger partial charge in [-0.2, -0.15) is 0 Å². The lowest BCUT2D eigenvalue weighted by Gasteiger charge is -2.21.